The van der Waals surface area contributed by atoms with Gasteiger partial charge in [-0.25, -0.2) is 4.98 Å². The lowest BCUT2D eigenvalue weighted by Crippen LogP contribution is -2.35. The summed E-state index contributed by atoms with van der Waals surface area (Å²) >= 11 is 1.72. The zero-order chi connectivity index (χ0) is 15.6. The van der Waals surface area contributed by atoms with Crippen molar-refractivity contribution in [3.05, 3.63) is 36.5 Å². The van der Waals surface area contributed by atoms with Crippen LogP contribution in [0.5, 0.6) is 0 Å². The zero-order valence-corrected chi connectivity index (χ0v) is 14.0. The Hall–Kier alpha value is -1.88. The van der Waals surface area contributed by atoms with Gasteiger partial charge in [0.15, 0.2) is 5.13 Å². The van der Waals surface area contributed by atoms with Crippen LogP contribution in [-0.4, -0.2) is 42.0 Å². The molecule has 1 amide bonds. The molecule has 4 nitrogen and oxygen atoms in total. The van der Waals surface area contributed by atoms with Crippen molar-refractivity contribution in [3.63, 3.8) is 0 Å². The van der Waals surface area contributed by atoms with Gasteiger partial charge in [-0.2, -0.15) is 0 Å². The van der Waals surface area contributed by atoms with Crippen LogP contribution in [0.2, 0.25) is 0 Å². The van der Waals surface area contributed by atoms with Crippen molar-refractivity contribution in [2.45, 2.75) is 19.3 Å². The Balaban J connectivity index is 1.44. The minimum Gasteiger partial charge on any atom is -0.347 e. The highest BCUT2D eigenvalue weighted by molar-refractivity contribution is 7.18. The lowest BCUT2D eigenvalue weighted by molar-refractivity contribution is -0.133. The van der Waals surface area contributed by atoms with Crippen LogP contribution in [0.4, 0.5) is 5.13 Å². The largest absolute Gasteiger partial charge is 0.347 e. The van der Waals surface area contributed by atoms with E-state index < -0.39 is 0 Å². The fraction of sp³-hybridized carbons (Fsp3) is 0.444. The Morgan fingerprint density at radius 3 is 2.70 bits per heavy atom. The predicted octanol–water partition coefficient (Wildman–Crippen LogP) is 3.26. The lowest BCUT2D eigenvalue weighted by Gasteiger charge is -2.20. The maximum atomic E-state index is 12.5. The van der Waals surface area contributed by atoms with Crippen LogP contribution >= 0.6 is 11.3 Å². The summed E-state index contributed by atoms with van der Waals surface area (Å²) in [5.74, 6) is 0.502. The SMILES string of the molecule is O=C(C1CCN(c2ncc(-c3ccccc3)s2)C1)N1CCCC1. The van der Waals surface area contributed by atoms with Crippen molar-refractivity contribution in [2.75, 3.05) is 31.1 Å². The summed E-state index contributed by atoms with van der Waals surface area (Å²) in [6, 6.07) is 10.4. The van der Waals surface area contributed by atoms with Crippen LogP contribution in [0.1, 0.15) is 19.3 Å². The number of carbonyl (C=O) groups is 1. The molecule has 1 unspecified atom stereocenters. The average molecular weight is 327 g/mol. The summed E-state index contributed by atoms with van der Waals surface area (Å²) < 4.78 is 0. The molecule has 1 aromatic carbocycles. The van der Waals surface area contributed by atoms with E-state index in [9.17, 15) is 4.79 Å². The topological polar surface area (TPSA) is 36.4 Å². The molecular formula is C18H21N3OS. The molecule has 0 saturated carbocycles. The molecule has 1 atom stereocenters. The number of amides is 1. The number of thiazole rings is 1. The summed E-state index contributed by atoms with van der Waals surface area (Å²) in [5.41, 5.74) is 1.21. The fourth-order valence-corrected chi connectivity index (χ4v) is 4.43. The number of aromatic nitrogens is 1. The molecule has 0 bridgehead atoms. The first kappa shape index (κ1) is 14.7. The van der Waals surface area contributed by atoms with Gasteiger partial charge < -0.3 is 9.80 Å². The fourth-order valence-electron chi connectivity index (χ4n) is 3.48. The van der Waals surface area contributed by atoms with Crippen molar-refractivity contribution in [1.29, 1.82) is 0 Å². The number of benzene rings is 1. The highest BCUT2D eigenvalue weighted by Crippen LogP contribution is 2.34. The number of likely N-dealkylation sites (tertiary alicyclic amines) is 1. The second-order valence-corrected chi connectivity index (χ2v) is 7.35. The summed E-state index contributed by atoms with van der Waals surface area (Å²) in [5, 5.41) is 1.04. The molecule has 0 radical (unpaired) electrons. The van der Waals surface area contributed by atoms with E-state index >= 15 is 0 Å². The molecule has 3 heterocycles. The molecule has 23 heavy (non-hydrogen) atoms. The third-order valence-electron chi connectivity index (χ3n) is 4.78. The van der Waals surface area contributed by atoms with Crippen molar-refractivity contribution in [1.82, 2.24) is 9.88 Å². The van der Waals surface area contributed by atoms with Gasteiger partial charge in [-0.3, -0.25) is 4.79 Å². The normalized spacial score (nSPS) is 21.1. The maximum Gasteiger partial charge on any atom is 0.227 e. The number of anilines is 1. The van der Waals surface area contributed by atoms with Gasteiger partial charge in [0.2, 0.25) is 5.91 Å². The Labute approximate surface area is 140 Å². The van der Waals surface area contributed by atoms with Crippen molar-refractivity contribution >= 4 is 22.4 Å². The van der Waals surface area contributed by atoms with Crippen molar-refractivity contribution in [2.24, 2.45) is 5.92 Å². The summed E-state index contributed by atoms with van der Waals surface area (Å²) in [4.78, 5) is 22.6. The lowest BCUT2D eigenvalue weighted by atomic mass is 10.1. The van der Waals surface area contributed by atoms with Crippen LogP contribution in [0.3, 0.4) is 0 Å². The number of hydrogen-bond acceptors (Lipinski definition) is 4. The zero-order valence-electron chi connectivity index (χ0n) is 13.1. The Bertz CT molecular complexity index is 679. The van der Waals surface area contributed by atoms with Gasteiger partial charge in [-0.1, -0.05) is 41.7 Å². The molecule has 2 aliphatic rings. The standard InChI is InChI=1S/C18H21N3OS/c22-17(20-9-4-5-10-20)15-8-11-21(13-15)18-19-12-16(23-18)14-6-2-1-3-7-14/h1-3,6-7,12,15H,4-5,8-11,13H2. The van der Waals surface area contributed by atoms with Gasteiger partial charge in [0.1, 0.15) is 0 Å². The summed E-state index contributed by atoms with van der Waals surface area (Å²) in [6.45, 7) is 3.65. The second kappa shape index (κ2) is 6.32. The molecule has 2 fully saturated rings. The summed E-state index contributed by atoms with van der Waals surface area (Å²) in [7, 11) is 0. The average Bonchev–Trinajstić information content (AvgIpc) is 3.35. The van der Waals surface area contributed by atoms with E-state index in [0.717, 1.165) is 50.6 Å². The molecule has 4 rings (SSSR count). The van der Waals surface area contributed by atoms with Crippen LogP contribution < -0.4 is 4.90 Å². The minimum absolute atomic E-state index is 0.150. The molecule has 0 N–H and O–H groups in total. The molecule has 5 heteroatoms. The minimum atomic E-state index is 0.150. The van der Waals surface area contributed by atoms with E-state index in [1.165, 1.54) is 10.4 Å². The maximum absolute atomic E-state index is 12.5. The van der Waals surface area contributed by atoms with Gasteiger partial charge in [0.05, 0.1) is 10.8 Å². The number of nitrogens with zero attached hydrogens (tertiary/aromatic N) is 3. The van der Waals surface area contributed by atoms with Crippen LogP contribution in [-0.2, 0) is 4.79 Å². The highest BCUT2D eigenvalue weighted by atomic mass is 32.1. The highest BCUT2D eigenvalue weighted by Gasteiger charge is 2.33. The molecule has 120 valence electrons. The van der Waals surface area contributed by atoms with Crippen LogP contribution in [0.25, 0.3) is 10.4 Å². The van der Waals surface area contributed by atoms with E-state index in [1.807, 2.05) is 17.2 Å². The molecule has 0 aliphatic carbocycles. The first-order chi connectivity index (χ1) is 11.3. The van der Waals surface area contributed by atoms with E-state index in [0.29, 0.717) is 5.91 Å². The molecule has 2 aliphatic heterocycles. The Morgan fingerprint density at radius 1 is 1.13 bits per heavy atom. The smallest absolute Gasteiger partial charge is 0.227 e. The van der Waals surface area contributed by atoms with Crippen LogP contribution in [0, 0.1) is 5.92 Å². The van der Waals surface area contributed by atoms with E-state index in [1.54, 1.807) is 11.3 Å². The molecule has 0 spiro atoms. The van der Waals surface area contributed by atoms with E-state index in [-0.39, 0.29) is 5.92 Å². The third-order valence-corrected chi connectivity index (χ3v) is 5.88. The van der Waals surface area contributed by atoms with Gasteiger partial charge in [0.25, 0.3) is 0 Å². The molecule has 2 saturated heterocycles. The molecular weight excluding hydrogens is 306 g/mol. The van der Waals surface area contributed by atoms with Gasteiger partial charge >= 0.3 is 0 Å². The predicted molar refractivity (Wildman–Crippen MR) is 93.7 cm³/mol. The third kappa shape index (κ3) is 2.98. The monoisotopic (exact) mass is 327 g/mol. The van der Waals surface area contributed by atoms with E-state index in [4.69, 9.17) is 0 Å². The van der Waals surface area contributed by atoms with Crippen LogP contribution in [0.15, 0.2) is 36.5 Å². The van der Waals surface area contributed by atoms with Crippen molar-refractivity contribution < 1.29 is 4.79 Å². The number of hydrogen-bond donors (Lipinski definition) is 0. The molecule has 1 aromatic heterocycles. The first-order valence-corrected chi connectivity index (χ1v) is 9.18. The molecule has 2 aromatic rings. The number of carbonyl (C=O) groups excluding carboxylic acids is 1. The van der Waals surface area contributed by atoms with Gasteiger partial charge in [-0.05, 0) is 24.8 Å². The summed E-state index contributed by atoms with van der Waals surface area (Å²) in [6.07, 6.45) is 5.23. The van der Waals surface area contributed by atoms with Gasteiger partial charge in [-0.15, -0.1) is 0 Å². The first-order valence-electron chi connectivity index (χ1n) is 8.36. The Morgan fingerprint density at radius 2 is 1.91 bits per heavy atom. The Kier molecular flexibility index (Phi) is 4.04. The quantitative estimate of drug-likeness (QED) is 0.868. The second-order valence-electron chi connectivity index (χ2n) is 6.34. The van der Waals surface area contributed by atoms with E-state index in [2.05, 4.69) is 34.1 Å². The van der Waals surface area contributed by atoms with Crippen molar-refractivity contribution in [3.8, 4) is 10.4 Å². The number of rotatable bonds is 3. The van der Waals surface area contributed by atoms with Gasteiger partial charge in [0, 0.05) is 32.4 Å².